The minimum Gasteiger partial charge on any atom is -0.508 e. The molecule has 4 heterocycles. The second kappa shape index (κ2) is 9.71. The maximum atomic E-state index is 13.5. The van der Waals surface area contributed by atoms with Crippen LogP contribution in [0.1, 0.15) is 17.4 Å². The fourth-order valence-corrected chi connectivity index (χ4v) is 4.96. The van der Waals surface area contributed by atoms with E-state index >= 15 is 0 Å². The number of aromatic nitrogens is 5. The Morgan fingerprint density at radius 3 is 2.59 bits per heavy atom. The van der Waals surface area contributed by atoms with Crippen LogP contribution in [0, 0.1) is 0 Å². The average molecular weight is 506 g/mol. The lowest BCUT2D eigenvalue weighted by Gasteiger charge is -2.39. The number of anilines is 1. The van der Waals surface area contributed by atoms with Gasteiger partial charge in [0, 0.05) is 56.0 Å². The number of piperazine rings is 1. The number of pyridine rings is 1. The van der Waals surface area contributed by atoms with Crippen molar-refractivity contribution in [3.05, 3.63) is 64.2 Å². The number of rotatable bonds is 7. The number of ether oxygens (including phenoxy) is 3. The van der Waals surface area contributed by atoms with Crippen molar-refractivity contribution in [1.29, 1.82) is 0 Å². The van der Waals surface area contributed by atoms with Gasteiger partial charge in [0.15, 0.2) is 17.3 Å². The van der Waals surface area contributed by atoms with Gasteiger partial charge in [-0.05, 0) is 46.8 Å². The van der Waals surface area contributed by atoms with Gasteiger partial charge in [-0.3, -0.25) is 9.69 Å². The first kappa shape index (κ1) is 23.3. The standard InChI is InChI=1S/C25H27N7O5/c1-35-11-10-32-24(27-28-29-32)23(31-8-6-30(7-9-31)17-2-4-18(33)5-3-17)19-12-16-13-21-22(37-15-36-21)14-20(16)26-25(19)34/h2-5,12-14,23,33H,6-11,15H2,1H3,(H,26,34)/t23-/m0/s1. The van der Waals surface area contributed by atoms with Crippen LogP contribution in [0.2, 0.25) is 0 Å². The van der Waals surface area contributed by atoms with Gasteiger partial charge in [0.25, 0.3) is 5.56 Å². The summed E-state index contributed by atoms with van der Waals surface area (Å²) in [5, 5.41) is 22.9. The summed E-state index contributed by atoms with van der Waals surface area (Å²) in [6.45, 7) is 3.91. The number of methoxy groups -OCH3 is 1. The van der Waals surface area contributed by atoms with Gasteiger partial charge in [-0.15, -0.1) is 5.10 Å². The van der Waals surface area contributed by atoms with Crippen molar-refractivity contribution in [3.8, 4) is 17.2 Å². The van der Waals surface area contributed by atoms with Crippen molar-refractivity contribution in [1.82, 2.24) is 30.1 Å². The molecule has 0 bridgehead atoms. The van der Waals surface area contributed by atoms with Gasteiger partial charge >= 0.3 is 0 Å². The van der Waals surface area contributed by atoms with Crippen LogP contribution in [0.3, 0.4) is 0 Å². The molecule has 2 N–H and O–H groups in total. The molecule has 12 heteroatoms. The molecule has 0 saturated carbocycles. The van der Waals surface area contributed by atoms with Gasteiger partial charge in [-0.1, -0.05) is 0 Å². The van der Waals surface area contributed by atoms with E-state index in [-0.39, 0.29) is 18.1 Å². The van der Waals surface area contributed by atoms with E-state index in [4.69, 9.17) is 14.2 Å². The highest BCUT2D eigenvalue weighted by molar-refractivity contribution is 5.83. The van der Waals surface area contributed by atoms with Crippen molar-refractivity contribution in [2.24, 2.45) is 0 Å². The van der Waals surface area contributed by atoms with Crippen molar-refractivity contribution in [2.75, 3.05) is 51.6 Å². The molecule has 0 aliphatic carbocycles. The van der Waals surface area contributed by atoms with Crippen LogP contribution in [-0.4, -0.2) is 81.9 Å². The number of fused-ring (bicyclic) bond motifs is 2. The Hall–Kier alpha value is -4.16. The van der Waals surface area contributed by atoms with Crippen LogP contribution in [0.15, 0.2) is 47.3 Å². The summed E-state index contributed by atoms with van der Waals surface area (Å²) in [5.74, 6) is 2.08. The molecule has 12 nitrogen and oxygen atoms in total. The maximum absolute atomic E-state index is 13.5. The lowest BCUT2D eigenvalue weighted by molar-refractivity contribution is 0.171. The number of nitrogens with one attached hydrogen (secondary N) is 1. The fourth-order valence-electron chi connectivity index (χ4n) is 4.96. The van der Waals surface area contributed by atoms with Gasteiger partial charge in [-0.2, -0.15) is 0 Å². The minimum atomic E-state index is -0.465. The third-order valence-electron chi connectivity index (χ3n) is 6.87. The van der Waals surface area contributed by atoms with Crippen LogP contribution in [0.25, 0.3) is 10.9 Å². The lowest BCUT2D eigenvalue weighted by Crippen LogP contribution is -2.49. The van der Waals surface area contributed by atoms with Crippen LogP contribution in [0.4, 0.5) is 5.69 Å². The first-order valence-corrected chi connectivity index (χ1v) is 12.1. The van der Waals surface area contributed by atoms with Crippen LogP contribution in [0.5, 0.6) is 17.2 Å². The zero-order valence-electron chi connectivity index (χ0n) is 20.3. The highest BCUT2D eigenvalue weighted by Gasteiger charge is 2.33. The molecule has 6 rings (SSSR count). The van der Waals surface area contributed by atoms with Crippen LogP contribution in [-0.2, 0) is 11.3 Å². The number of hydrogen-bond acceptors (Lipinski definition) is 10. The summed E-state index contributed by atoms with van der Waals surface area (Å²) in [6.07, 6.45) is 0. The van der Waals surface area contributed by atoms with Gasteiger partial charge < -0.3 is 29.2 Å². The number of tetrazole rings is 1. The summed E-state index contributed by atoms with van der Waals surface area (Å²) in [7, 11) is 1.63. The Morgan fingerprint density at radius 1 is 1.08 bits per heavy atom. The van der Waals surface area contributed by atoms with E-state index in [0.29, 0.717) is 54.6 Å². The molecule has 1 saturated heterocycles. The van der Waals surface area contributed by atoms with Crippen LogP contribution < -0.4 is 19.9 Å². The van der Waals surface area contributed by atoms with Crippen molar-refractivity contribution < 1.29 is 19.3 Å². The third-order valence-corrected chi connectivity index (χ3v) is 6.87. The number of phenols is 1. The van der Waals surface area contributed by atoms with Gasteiger partial charge in [0.1, 0.15) is 11.8 Å². The number of aromatic hydroxyl groups is 1. The Balaban J connectivity index is 1.37. The third kappa shape index (κ3) is 4.45. The molecule has 2 aliphatic heterocycles. The van der Waals surface area contributed by atoms with E-state index in [1.165, 1.54) is 0 Å². The normalized spacial score (nSPS) is 16.4. The highest BCUT2D eigenvalue weighted by atomic mass is 16.7. The molecule has 1 atom stereocenters. The molecular formula is C25H27N7O5. The summed E-state index contributed by atoms with van der Waals surface area (Å²) < 4.78 is 18.0. The van der Waals surface area contributed by atoms with E-state index in [9.17, 15) is 9.90 Å². The molecule has 0 amide bonds. The average Bonchev–Trinajstić information content (AvgIpc) is 3.57. The van der Waals surface area contributed by atoms with Crippen molar-refractivity contribution in [2.45, 2.75) is 12.6 Å². The number of benzene rings is 2. The van der Waals surface area contributed by atoms with Crippen molar-refractivity contribution >= 4 is 16.6 Å². The maximum Gasteiger partial charge on any atom is 0.253 e. The zero-order valence-corrected chi connectivity index (χ0v) is 20.3. The Labute approximate surface area is 212 Å². The summed E-state index contributed by atoms with van der Waals surface area (Å²) in [6, 6.07) is 12.3. The highest BCUT2D eigenvalue weighted by Crippen LogP contribution is 2.36. The zero-order chi connectivity index (χ0) is 25.4. The monoisotopic (exact) mass is 505 g/mol. The smallest absolute Gasteiger partial charge is 0.253 e. The molecule has 2 aliphatic rings. The first-order chi connectivity index (χ1) is 18.1. The van der Waals surface area contributed by atoms with Gasteiger partial charge in [-0.25, -0.2) is 4.68 Å². The van der Waals surface area contributed by atoms with E-state index < -0.39 is 6.04 Å². The molecule has 0 radical (unpaired) electrons. The Bertz CT molecular complexity index is 1460. The largest absolute Gasteiger partial charge is 0.508 e. The molecule has 192 valence electrons. The van der Waals surface area contributed by atoms with E-state index in [1.807, 2.05) is 24.3 Å². The Morgan fingerprint density at radius 2 is 1.84 bits per heavy atom. The van der Waals surface area contributed by atoms with Gasteiger partial charge in [0.2, 0.25) is 6.79 Å². The topological polar surface area (TPSA) is 131 Å². The first-order valence-electron chi connectivity index (χ1n) is 12.1. The van der Waals surface area contributed by atoms with E-state index in [2.05, 4.69) is 30.3 Å². The molecule has 1 fully saturated rings. The Kier molecular flexibility index (Phi) is 6.10. The second-order valence-electron chi connectivity index (χ2n) is 9.04. The number of H-pyrrole nitrogens is 1. The minimum absolute atomic E-state index is 0.158. The number of hydrogen-bond donors (Lipinski definition) is 2. The number of nitrogens with zero attached hydrogens (tertiary/aromatic N) is 6. The summed E-state index contributed by atoms with van der Waals surface area (Å²) >= 11 is 0. The van der Waals surface area contributed by atoms with Crippen LogP contribution >= 0.6 is 0 Å². The van der Waals surface area contributed by atoms with E-state index in [0.717, 1.165) is 24.2 Å². The van der Waals surface area contributed by atoms with E-state index in [1.54, 1.807) is 30.0 Å². The van der Waals surface area contributed by atoms with Crippen molar-refractivity contribution in [3.63, 3.8) is 0 Å². The number of phenolic OH excluding ortho intramolecular Hbond substituents is 1. The predicted molar refractivity (Wildman–Crippen MR) is 134 cm³/mol. The molecule has 2 aromatic carbocycles. The SMILES string of the molecule is COCCn1nnnc1[C@H](c1cc2cc3c(cc2[nH]c1=O)OCO3)N1CCN(c2ccc(O)cc2)CC1. The lowest BCUT2D eigenvalue weighted by atomic mass is 10.0. The fraction of sp³-hybridized carbons (Fsp3) is 0.360. The molecule has 4 aromatic rings. The second-order valence-corrected chi connectivity index (χ2v) is 9.04. The van der Waals surface area contributed by atoms with Gasteiger partial charge in [0.05, 0.1) is 18.7 Å². The molecule has 0 unspecified atom stereocenters. The molecule has 2 aromatic heterocycles. The molecular weight excluding hydrogens is 478 g/mol. The summed E-state index contributed by atoms with van der Waals surface area (Å²) in [5.41, 5.74) is 2.06. The molecule has 37 heavy (non-hydrogen) atoms. The predicted octanol–water partition coefficient (Wildman–Crippen LogP) is 1.51. The molecule has 0 spiro atoms. The number of aromatic amines is 1. The summed E-state index contributed by atoms with van der Waals surface area (Å²) in [4.78, 5) is 21.0. The quantitative estimate of drug-likeness (QED) is 0.381.